The molecule has 1 amide bonds. The van der Waals surface area contributed by atoms with Crippen molar-refractivity contribution in [1.29, 1.82) is 0 Å². The molecule has 0 atom stereocenters. The molecule has 1 fully saturated rings. The molecule has 5 heteroatoms. The third-order valence-electron chi connectivity index (χ3n) is 3.82. The average Bonchev–Trinajstić information content (AvgIpc) is 2.97. The van der Waals surface area contributed by atoms with Crippen LogP contribution in [0.25, 0.3) is 0 Å². The number of aromatic nitrogens is 1. The zero-order valence-electron chi connectivity index (χ0n) is 12.1. The van der Waals surface area contributed by atoms with E-state index in [0.29, 0.717) is 11.7 Å². The summed E-state index contributed by atoms with van der Waals surface area (Å²) in [6, 6.07) is 1.86. The number of nitrogens with zero attached hydrogens (tertiary/aromatic N) is 1. The second-order valence-electron chi connectivity index (χ2n) is 5.75. The average molecular weight is 278 g/mol. The molecule has 110 valence electrons. The first-order valence-corrected chi connectivity index (χ1v) is 7.20. The number of aromatic carboxylic acids is 1. The normalized spacial score (nSPS) is 15.8. The minimum Gasteiger partial charge on any atom is -0.478 e. The highest BCUT2D eigenvalue weighted by Crippen LogP contribution is 2.21. The van der Waals surface area contributed by atoms with Crippen molar-refractivity contribution in [2.24, 2.45) is 0 Å². The van der Waals surface area contributed by atoms with Crippen LogP contribution in [0.1, 0.15) is 61.5 Å². The van der Waals surface area contributed by atoms with Crippen LogP contribution in [-0.4, -0.2) is 27.6 Å². The van der Waals surface area contributed by atoms with Crippen LogP contribution >= 0.6 is 0 Å². The van der Waals surface area contributed by atoms with Crippen LogP contribution in [0.4, 0.5) is 0 Å². The van der Waals surface area contributed by atoms with Crippen LogP contribution in [-0.2, 0) is 11.3 Å². The Morgan fingerprint density at radius 3 is 2.60 bits per heavy atom. The van der Waals surface area contributed by atoms with Gasteiger partial charge in [-0.05, 0) is 24.8 Å². The summed E-state index contributed by atoms with van der Waals surface area (Å²) in [5, 5.41) is 12.2. The quantitative estimate of drug-likeness (QED) is 0.868. The van der Waals surface area contributed by atoms with Gasteiger partial charge in [-0.3, -0.25) is 4.79 Å². The summed E-state index contributed by atoms with van der Waals surface area (Å²) >= 11 is 0. The minimum absolute atomic E-state index is 0.0358. The van der Waals surface area contributed by atoms with Crippen molar-refractivity contribution in [3.63, 3.8) is 0 Å². The molecule has 20 heavy (non-hydrogen) atoms. The molecule has 0 spiro atoms. The molecule has 0 radical (unpaired) electrons. The van der Waals surface area contributed by atoms with E-state index in [9.17, 15) is 14.7 Å². The van der Waals surface area contributed by atoms with E-state index in [1.807, 2.05) is 13.8 Å². The minimum atomic E-state index is -0.941. The molecule has 0 aromatic carbocycles. The van der Waals surface area contributed by atoms with E-state index in [2.05, 4.69) is 5.32 Å². The van der Waals surface area contributed by atoms with Crippen LogP contribution in [0.15, 0.2) is 12.3 Å². The summed E-state index contributed by atoms with van der Waals surface area (Å²) in [6.45, 7) is 4.07. The third kappa shape index (κ3) is 3.21. The van der Waals surface area contributed by atoms with Crippen molar-refractivity contribution in [2.45, 2.75) is 58.0 Å². The van der Waals surface area contributed by atoms with Crippen LogP contribution in [0.2, 0.25) is 0 Å². The van der Waals surface area contributed by atoms with E-state index in [1.54, 1.807) is 16.8 Å². The van der Waals surface area contributed by atoms with Crippen LogP contribution in [0, 0.1) is 0 Å². The molecule has 1 saturated carbocycles. The van der Waals surface area contributed by atoms with Gasteiger partial charge in [0.05, 0.1) is 5.56 Å². The maximum Gasteiger partial charge on any atom is 0.337 e. The number of hydrogen-bond acceptors (Lipinski definition) is 2. The number of amides is 1. The molecule has 1 aromatic rings. The van der Waals surface area contributed by atoms with E-state index >= 15 is 0 Å². The van der Waals surface area contributed by atoms with Gasteiger partial charge in [-0.25, -0.2) is 4.79 Å². The van der Waals surface area contributed by atoms with E-state index in [1.165, 1.54) is 12.8 Å². The van der Waals surface area contributed by atoms with Crippen molar-refractivity contribution in [2.75, 3.05) is 0 Å². The fourth-order valence-electron chi connectivity index (χ4n) is 2.94. The van der Waals surface area contributed by atoms with Gasteiger partial charge < -0.3 is 15.0 Å². The Balaban J connectivity index is 2.08. The first kappa shape index (κ1) is 14.6. The standard InChI is InChI=1S/C15H22N2O3/c1-10(2)14-12(15(19)20)7-8-17(14)9-13(18)16-11-5-3-4-6-11/h7-8,10-11H,3-6,9H2,1-2H3,(H,16,18)(H,19,20). The van der Waals surface area contributed by atoms with Gasteiger partial charge in [-0.1, -0.05) is 26.7 Å². The number of carboxylic acid groups (broad SMARTS) is 1. The van der Waals surface area contributed by atoms with Crippen LogP contribution in [0.5, 0.6) is 0 Å². The highest BCUT2D eigenvalue weighted by Gasteiger charge is 2.21. The smallest absolute Gasteiger partial charge is 0.337 e. The number of nitrogens with one attached hydrogen (secondary N) is 1. The zero-order valence-corrected chi connectivity index (χ0v) is 12.1. The molecule has 0 aliphatic heterocycles. The Morgan fingerprint density at radius 1 is 1.40 bits per heavy atom. The maximum atomic E-state index is 12.0. The van der Waals surface area contributed by atoms with E-state index < -0.39 is 5.97 Å². The summed E-state index contributed by atoms with van der Waals surface area (Å²) in [5.41, 5.74) is 0.993. The Labute approximate surface area is 119 Å². The first-order valence-electron chi connectivity index (χ1n) is 7.20. The van der Waals surface area contributed by atoms with Gasteiger partial charge in [-0.2, -0.15) is 0 Å². The number of rotatable bonds is 5. The molecular weight excluding hydrogens is 256 g/mol. The molecule has 0 unspecified atom stereocenters. The Hall–Kier alpha value is -1.78. The first-order chi connectivity index (χ1) is 9.49. The van der Waals surface area contributed by atoms with Crippen molar-refractivity contribution in [3.8, 4) is 0 Å². The number of carbonyl (C=O) groups excluding carboxylic acids is 1. The molecular formula is C15H22N2O3. The summed E-state index contributed by atoms with van der Waals surface area (Å²) in [7, 11) is 0. The van der Waals surface area contributed by atoms with E-state index in [4.69, 9.17) is 0 Å². The number of carboxylic acids is 1. The molecule has 2 rings (SSSR count). The van der Waals surface area contributed by atoms with Gasteiger partial charge in [0.15, 0.2) is 0 Å². The lowest BCUT2D eigenvalue weighted by molar-refractivity contribution is -0.122. The van der Waals surface area contributed by atoms with Crippen molar-refractivity contribution in [3.05, 3.63) is 23.5 Å². The molecule has 1 aromatic heterocycles. The van der Waals surface area contributed by atoms with Crippen molar-refractivity contribution >= 4 is 11.9 Å². The fourth-order valence-corrected chi connectivity index (χ4v) is 2.94. The monoisotopic (exact) mass is 278 g/mol. The Bertz CT molecular complexity index is 499. The van der Waals surface area contributed by atoms with Crippen LogP contribution < -0.4 is 5.32 Å². The summed E-state index contributed by atoms with van der Waals surface area (Å²) in [4.78, 5) is 23.2. The highest BCUT2D eigenvalue weighted by molar-refractivity contribution is 5.89. The molecule has 0 bridgehead atoms. The van der Waals surface area contributed by atoms with Crippen molar-refractivity contribution < 1.29 is 14.7 Å². The Kier molecular flexibility index (Phi) is 4.47. The van der Waals surface area contributed by atoms with Gasteiger partial charge in [0.2, 0.25) is 5.91 Å². The van der Waals surface area contributed by atoms with E-state index in [0.717, 1.165) is 12.8 Å². The summed E-state index contributed by atoms with van der Waals surface area (Å²) < 4.78 is 1.75. The summed E-state index contributed by atoms with van der Waals surface area (Å²) in [5.74, 6) is -0.912. The van der Waals surface area contributed by atoms with Gasteiger partial charge >= 0.3 is 5.97 Å². The third-order valence-corrected chi connectivity index (χ3v) is 3.82. The lowest BCUT2D eigenvalue weighted by atomic mass is 10.1. The molecule has 5 nitrogen and oxygen atoms in total. The SMILES string of the molecule is CC(C)c1c(C(=O)O)ccn1CC(=O)NC1CCCC1. The second kappa shape index (κ2) is 6.11. The number of carbonyl (C=O) groups is 2. The second-order valence-corrected chi connectivity index (χ2v) is 5.75. The fraction of sp³-hybridized carbons (Fsp3) is 0.600. The van der Waals surface area contributed by atoms with Gasteiger partial charge in [0.1, 0.15) is 6.54 Å². The topological polar surface area (TPSA) is 71.3 Å². The Morgan fingerprint density at radius 2 is 2.05 bits per heavy atom. The van der Waals surface area contributed by atoms with Crippen molar-refractivity contribution in [1.82, 2.24) is 9.88 Å². The molecule has 0 saturated heterocycles. The van der Waals surface area contributed by atoms with Gasteiger partial charge in [0.25, 0.3) is 0 Å². The predicted molar refractivity (Wildman–Crippen MR) is 75.9 cm³/mol. The molecule has 1 aliphatic rings. The highest BCUT2D eigenvalue weighted by atomic mass is 16.4. The van der Waals surface area contributed by atoms with E-state index in [-0.39, 0.29) is 23.9 Å². The zero-order chi connectivity index (χ0) is 14.7. The molecule has 2 N–H and O–H groups in total. The molecule has 1 heterocycles. The summed E-state index contributed by atoms with van der Waals surface area (Å²) in [6.07, 6.45) is 6.14. The van der Waals surface area contributed by atoms with Crippen LogP contribution in [0.3, 0.4) is 0 Å². The lowest BCUT2D eigenvalue weighted by Crippen LogP contribution is -2.35. The number of hydrogen-bond donors (Lipinski definition) is 2. The molecule has 1 aliphatic carbocycles. The van der Waals surface area contributed by atoms with Gasteiger partial charge in [-0.15, -0.1) is 0 Å². The predicted octanol–water partition coefficient (Wildman–Crippen LogP) is 2.37. The van der Waals surface area contributed by atoms with Gasteiger partial charge in [0, 0.05) is 17.9 Å². The maximum absolute atomic E-state index is 12.0. The lowest BCUT2D eigenvalue weighted by Gasteiger charge is -2.16. The largest absolute Gasteiger partial charge is 0.478 e.